The average molecular weight is 395 g/mol. The number of amides is 1. The van der Waals surface area contributed by atoms with Crippen LogP contribution >= 0.6 is 0 Å². The quantitative estimate of drug-likeness (QED) is 0.492. The molecule has 0 aliphatic heterocycles. The van der Waals surface area contributed by atoms with Crippen molar-refractivity contribution in [3.05, 3.63) is 40.2 Å². The van der Waals surface area contributed by atoms with E-state index in [1.54, 1.807) is 29.7 Å². The molecule has 2 heterocycles. The van der Waals surface area contributed by atoms with Gasteiger partial charge in [0.2, 0.25) is 5.95 Å². The van der Waals surface area contributed by atoms with E-state index >= 15 is 0 Å². The predicted octanol–water partition coefficient (Wildman–Crippen LogP) is 0.415. The second-order valence-electron chi connectivity index (χ2n) is 6.06. The lowest BCUT2D eigenvalue weighted by Crippen LogP contribution is -2.23. The molecule has 0 fully saturated rings. The Balaban J connectivity index is 2.14. The van der Waals surface area contributed by atoms with Crippen molar-refractivity contribution in [2.75, 3.05) is 18.4 Å². The van der Waals surface area contributed by atoms with Gasteiger partial charge >= 0.3 is 6.01 Å². The molecule has 0 aliphatic rings. The molecule has 0 unspecified atom stereocenters. The lowest BCUT2D eigenvalue weighted by Gasteiger charge is -2.11. The maximum Gasteiger partial charge on any atom is 0.306 e. The summed E-state index contributed by atoms with van der Waals surface area (Å²) in [5.41, 5.74) is 11.2. The maximum atomic E-state index is 13.0. The molecule has 0 aliphatic carbocycles. The third-order valence-electron chi connectivity index (χ3n) is 4.14. The number of carbonyl (C=O) groups excluding carboxylic acids is 1. The van der Waals surface area contributed by atoms with Gasteiger partial charge in [0, 0.05) is 20.1 Å². The number of carbonyl (C=O) groups is 1. The average Bonchev–Trinajstić information content (AvgIpc) is 3.06. The highest BCUT2D eigenvalue weighted by atomic mass is 16.5. The number of hydrogen-bond acceptors (Lipinski definition) is 7. The topological polar surface area (TPSA) is 143 Å². The van der Waals surface area contributed by atoms with E-state index in [1.165, 1.54) is 17.7 Å². The molecule has 0 spiro atoms. The summed E-state index contributed by atoms with van der Waals surface area (Å²) in [4.78, 5) is 33.4. The Labute approximate surface area is 166 Å². The number of benzene rings is 1. The summed E-state index contributed by atoms with van der Waals surface area (Å²) in [6.45, 7) is 2.84. The van der Waals surface area contributed by atoms with Gasteiger partial charge in [0.25, 0.3) is 11.5 Å². The second kappa shape index (κ2) is 8.45. The minimum Gasteiger partial charge on any atom is -0.425 e. The Kier molecular flexibility index (Phi) is 5.80. The maximum absolute atomic E-state index is 13.0. The van der Waals surface area contributed by atoms with E-state index < -0.39 is 5.91 Å². The molecule has 0 atom stereocenters. The number of aromatic nitrogens is 4. The highest BCUT2D eigenvalue weighted by Gasteiger charge is 2.20. The van der Waals surface area contributed by atoms with E-state index in [1.807, 2.05) is 0 Å². The molecule has 0 bridgehead atoms. The first-order valence-corrected chi connectivity index (χ1v) is 8.85. The number of rotatable bonds is 7. The number of primary amides is 1. The van der Waals surface area contributed by atoms with Crippen LogP contribution in [-0.2, 0) is 13.6 Å². The third kappa shape index (κ3) is 3.90. The summed E-state index contributed by atoms with van der Waals surface area (Å²) < 4.78 is 8.63. The van der Waals surface area contributed by atoms with Crippen LogP contribution in [0.4, 0.5) is 5.95 Å². The van der Waals surface area contributed by atoms with Gasteiger partial charge in [0.05, 0.1) is 12.1 Å². The van der Waals surface area contributed by atoms with Gasteiger partial charge in [0.15, 0.2) is 11.2 Å². The van der Waals surface area contributed by atoms with Crippen LogP contribution in [-0.4, -0.2) is 38.1 Å². The highest BCUT2D eigenvalue weighted by Crippen LogP contribution is 2.24. The minimum atomic E-state index is -0.651. The molecule has 0 saturated carbocycles. The molecule has 2 aromatic heterocycles. The summed E-state index contributed by atoms with van der Waals surface area (Å²) in [5, 5.41) is 3.07. The van der Waals surface area contributed by atoms with Gasteiger partial charge in [-0.15, -0.1) is 5.92 Å². The standard InChI is InChI=1S/C19H21N7O3/c1-3-4-11-26-14-16(23-18(26)22-10-9-20)24-19(25(2)17(14)28)29-13-8-6-5-7-12(13)15(21)27/h5-8H,9-11,20H2,1-2H3,(H2,21,27)(H,22,23). The van der Waals surface area contributed by atoms with Crippen LogP contribution < -0.4 is 27.1 Å². The van der Waals surface area contributed by atoms with Gasteiger partial charge in [-0.05, 0) is 19.1 Å². The predicted molar refractivity (Wildman–Crippen MR) is 109 cm³/mol. The molecular formula is C19H21N7O3. The summed E-state index contributed by atoms with van der Waals surface area (Å²) in [6, 6.07) is 6.43. The molecule has 10 heteroatoms. The third-order valence-corrected chi connectivity index (χ3v) is 4.14. The van der Waals surface area contributed by atoms with E-state index in [2.05, 4.69) is 27.1 Å². The molecule has 3 aromatic rings. The van der Waals surface area contributed by atoms with Crippen LogP contribution in [0.25, 0.3) is 11.2 Å². The van der Waals surface area contributed by atoms with Gasteiger partial charge in [-0.25, -0.2) is 0 Å². The van der Waals surface area contributed by atoms with E-state index in [4.69, 9.17) is 16.2 Å². The molecular weight excluding hydrogens is 374 g/mol. The highest BCUT2D eigenvalue weighted by molar-refractivity contribution is 5.95. The van der Waals surface area contributed by atoms with Crippen LogP contribution in [0.5, 0.6) is 11.8 Å². The Morgan fingerprint density at radius 2 is 2.07 bits per heavy atom. The van der Waals surface area contributed by atoms with Crippen LogP contribution in [0, 0.1) is 11.8 Å². The fraction of sp³-hybridized carbons (Fsp3) is 0.263. The van der Waals surface area contributed by atoms with Crippen molar-refractivity contribution in [2.45, 2.75) is 13.5 Å². The van der Waals surface area contributed by atoms with E-state index in [0.29, 0.717) is 19.0 Å². The van der Waals surface area contributed by atoms with Crippen LogP contribution in [0.2, 0.25) is 0 Å². The van der Waals surface area contributed by atoms with Crippen molar-refractivity contribution in [2.24, 2.45) is 18.5 Å². The van der Waals surface area contributed by atoms with Gasteiger partial charge in [-0.1, -0.05) is 18.1 Å². The second-order valence-corrected chi connectivity index (χ2v) is 6.06. The van der Waals surface area contributed by atoms with Crippen molar-refractivity contribution < 1.29 is 9.53 Å². The molecule has 0 radical (unpaired) electrons. The largest absolute Gasteiger partial charge is 0.425 e. The number of imidazole rings is 1. The molecule has 3 rings (SSSR count). The lowest BCUT2D eigenvalue weighted by molar-refractivity contribution is 0.0998. The molecule has 29 heavy (non-hydrogen) atoms. The minimum absolute atomic E-state index is 0.0206. The number of fused-ring (bicyclic) bond motifs is 1. The summed E-state index contributed by atoms with van der Waals surface area (Å²) in [5.74, 6) is 5.70. The first-order valence-electron chi connectivity index (χ1n) is 8.85. The molecule has 10 nitrogen and oxygen atoms in total. The van der Waals surface area contributed by atoms with Crippen LogP contribution in [0.1, 0.15) is 17.3 Å². The Morgan fingerprint density at radius 1 is 1.31 bits per heavy atom. The summed E-state index contributed by atoms with van der Waals surface area (Å²) in [7, 11) is 1.52. The van der Waals surface area contributed by atoms with E-state index in [9.17, 15) is 9.59 Å². The number of nitrogens with one attached hydrogen (secondary N) is 1. The number of nitrogens with two attached hydrogens (primary N) is 2. The zero-order valence-corrected chi connectivity index (χ0v) is 16.1. The lowest BCUT2D eigenvalue weighted by atomic mass is 10.2. The van der Waals surface area contributed by atoms with Crippen molar-refractivity contribution >= 4 is 23.0 Å². The Bertz CT molecular complexity index is 1180. The number of ether oxygens (including phenoxy) is 1. The van der Waals surface area contributed by atoms with Crippen molar-refractivity contribution in [1.82, 2.24) is 19.1 Å². The van der Waals surface area contributed by atoms with Gasteiger partial charge in [-0.2, -0.15) is 9.97 Å². The van der Waals surface area contributed by atoms with Gasteiger partial charge < -0.3 is 21.5 Å². The molecule has 1 aromatic carbocycles. The van der Waals surface area contributed by atoms with Gasteiger partial charge in [0.1, 0.15) is 5.75 Å². The number of nitrogens with zero attached hydrogens (tertiary/aromatic N) is 4. The molecule has 1 amide bonds. The number of hydrogen-bond donors (Lipinski definition) is 3. The summed E-state index contributed by atoms with van der Waals surface area (Å²) >= 11 is 0. The van der Waals surface area contributed by atoms with E-state index in [-0.39, 0.29) is 40.6 Å². The SMILES string of the molecule is CC#CCn1c(NCCN)nc2nc(Oc3ccccc3C(N)=O)n(C)c(=O)c21. The molecule has 150 valence electrons. The van der Waals surface area contributed by atoms with Crippen molar-refractivity contribution in [3.8, 4) is 23.6 Å². The molecule has 5 N–H and O–H groups in total. The zero-order valence-electron chi connectivity index (χ0n) is 16.1. The van der Waals surface area contributed by atoms with Crippen LogP contribution in [0.3, 0.4) is 0 Å². The number of para-hydroxylation sites is 1. The number of anilines is 1. The van der Waals surface area contributed by atoms with Crippen molar-refractivity contribution in [1.29, 1.82) is 0 Å². The summed E-state index contributed by atoms with van der Waals surface area (Å²) in [6.07, 6.45) is 0. The zero-order chi connectivity index (χ0) is 21.0. The first kappa shape index (κ1) is 19.9. The fourth-order valence-electron chi connectivity index (χ4n) is 2.72. The fourth-order valence-corrected chi connectivity index (χ4v) is 2.72. The van der Waals surface area contributed by atoms with Crippen molar-refractivity contribution in [3.63, 3.8) is 0 Å². The smallest absolute Gasteiger partial charge is 0.306 e. The first-order chi connectivity index (χ1) is 14.0. The van der Waals surface area contributed by atoms with Gasteiger partial charge in [-0.3, -0.25) is 18.7 Å². The normalized spacial score (nSPS) is 10.4. The Hall–Kier alpha value is -3.84. The molecule has 0 saturated heterocycles. The van der Waals surface area contributed by atoms with E-state index in [0.717, 1.165) is 0 Å². The monoisotopic (exact) mass is 395 g/mol. The Morgan fingerprint density at radius 3 is 2.76 bits per heavy atom. The van der Waals surface area contributed by atoms with Crippen LogP contribution in [0.15, 0.2) is 29.1 Å².